The summed E-state index contributed by atoms with van der Waals surface area (Å²) in [5.74, 6) is 0.382. The van der Waals surface area contributed by atoms with Crippen LogP contribution in [-0.4, -0.2) is 24.0 Å². The van der Waals surface area contributed by atoms with Gasteiger partial charge in [0.05, 0.1) is 24.7 Å². The number of ether oxygens (including phenoxy) is 1. The van der Waals surface area contributed by atoms with Crippen LogP contribution in [0, 0.1) is 6.92 Å². The molecule has 1 heterocycles. The van der Waals surface area contributed by atoms with Crippen molar-refractivity contribution in [1.82, 2.24) is 4.98 Å². The highest BCUT2D eigenvalue weighted by atomic mass is 16.5. The van der Waals surface area contributed by atoms with E-state index in [0.29, 0.717) is 23.2 Å². The predicted octanol–water partition coefficient (Wildman–Crippen LogP) is 3.23. The normalized spacial score (nSPS) is 13.5. The van der Waals surface area contributed by atoms with Crippen LogP contribution in [0.4, 0.5) is 11.4 Å². The quantitative estimate of drug-likeness (QED) is 0.889. The molecule has 2 aromatic rings. The lowest BCUT2D eigenvalue weighted by molar-refractivity contribution is 0.102. The van der Waals surface area contributed by atoms with Crippen LogP contribution in [0.5, 0.6) is 5.75 Å². The smallest absolute Gasteiger partial charge is 0.274 e. The lowest BCUT2D eigenvalue weighted by atomic mass is 10.2. The third kappa shape index (κ3) is 3.36. The van der Waals surface area contributed by atoms with Gasteiger partial charge in [0.2, 0.25) is 0 Å². The SMILES string of the molecule is COc1ccc(C)cc1NC(=O)c1ccc(NC2CC2)cn1. The molecule has 3 rings (SSSR count). The molecule has 0 unspecified atom stereocenters. The van der Waals surface area contributed by atoms with E-state index in [2.05, 4.69) is 15.6 Å². The fourth-order valence-corrected chi connectivity index (χ4v) is 2.18. The van der Waals surface area contributed by atoms with E-state index in [9.17, 15) is 4.79 Å². The standard InChI is InChI=1S/C17H19N3O2/c1-11-3-8-16(22-2)15(9-11)20-17(21)14-7-6-13(10-18-14)19-12-4-5-12/h3,6-10,12,19H,4-5H2,1-2H3,(H,20,21). The minimum Gasteiger partial charge on any atom is -0.495 e. The minimum absolute atomic E-state index is 0.248. The van der Waals surface area contributed by atoms with Crippen molar-refractivity contribution in [2.24, 2.45) is 0 Å². The number of hydrogen-bond donors (Lipinski definition) is 2. The number of anilines is 2. The van der Waals surface area contributed by atoms with Gasteiger partial charge >= 0.3 is 0 Å². The number of nitrogens with one attached hydrogen (secondary N) is 2. The van der Waals surface area contributed by atoms with Gasteiger partial charge in [-0.2, -0.15) is 0 Å². The Labute approximate surface area is 129 Å². The lowest BCUT2D eigenvalue weighted by Crippen LogP contribution is -2.14. The molecule has 22 heavy (non-hydrogen) atoms. The van der Waals surface area contributed by atoms with E-state index in [1.165, 1.54) is 12.8 Å². The third-order valence-corrected chi connectivity index (χ3v) is 3.55. The topological polar surface area (TPSA) is 63.2 Å². The monoisotopic (exact) mass is 297 g/mol. The lowest BCUT2D eigenvalue weighted by Gasteiger charge is -2.11. The van der Waals surface area contributed by atoms with E-state index >= 15 is 0 Å². The van der Waals surface area contributed by atoms with Gasteiger partial charge in [0.15, 0.2) is 0 Å². The number of carbonyl (C=O) groups excluding carboxylic acids is 1. The van der Waals surface area contributed by atoms with Gasteiger partial charge in [0.1, 0.15) is 11.4 Å². The van der Waals surface area contributed by atoms with Gasteiger partial charge in [-0.05, 0) is 49.6 Å². The van der Waals surface area contributed by atoms with E-state index < -0.39 is 0 Å². The Morgan fingerprint density at radius 1 is 1.27 bits per heavy atom. The van der Waals surface area contributed by atoms with Crippen molar-refractivity contribution >= 4 is 17.3 Å². The summed E-state index contributed by atoms with van der Waals surface area (Å²) >= 11 is 0. The summed E-state index contributed by atoms with van der Waals surface area (Å²) in [7, 11) is 1.58. The molecule has 0 bridgehead atoms. The Hall–Kier alpha value is -2.56. The highest BCUT2D eigenvalue weighted by Gasteiger charge is 2.21. The first kappa shape index (κ1) is 14.4. The molecule has 5 heteroatoms. The summed E-state index contributed by atoms with van der Waals surface area (Å²) in [6, 6.07) is 9.82. The molecule has 1 aliphatic carbocycles. The number of methoxy groups -OCH3 is 1. The van der Waals surface area contributed by atoms with Crippen LogP contribution in [0.15, 0.2) is 36.5 Å². The molecular weight excluding hydrogens is 278 g/mol. The molecule has 1 aromatic carbocycles. The number of amides is 1. The molecule has 5 nitrogen and oxygen atoms in total. The molecule has 0 spiro atoms. The maximum Gasteiger partial charge on any atom is 0.274 e. The molecule has 1 aliphatic rings. The van der Waals surface area contributed by atoms with Crippen LogP contribution in [0.25, 0.3) is 0 Å². The maximum atomic E-state index is 12.3. The van der Waals surface area contributed by atoms with Gasteiger partial charge in [0.25, 0.3) is 5.91 Å². The molecule has 1 fully saturated rings. The predicted molar refractivity (Wildman–Crippen MR) is 86.6 cm³/mol. The van der Waals surface area contributed by atoms with Crippen LogP contribution in [-0.2, 0) is 0 Å². The van der Waals surface area contributed by atoms with Crippen LogP contribution < -0.4 is 15.4 Å². The van der Waals surface area contributed by atoms with Crippen LogP contribution in [0.1, 0.15) is 28.9 Å². The molecule has 1 amide bonds. The van der Waals surface area contributed by atoms with Gasteiger partial charge in [-0.15, -0.1) is 0 Å². The third-order valence-electron chi connectivity index (χ3n) is 3.55. The van der Waals surface area contributed by atoms with E-state index in [-0.39, 0.29) is 5.91 Å². The summed E-state index contributed by atoms with van der Waals surface area (Å²) in [5, 5.41) is 6.19. The fraction of sp³-hybridized carbons (Fsp3) is 0.294. The van der Waals surface area contributed by atoms with Gasteiger partial charge in [-0.3, -0.25) is 4.79 Å². The highest BCUT2D eigenvalue weighted by Crippen LogP contribution is 2.26. The number of rotatable bonds is 5. The zero-order valence-electron chi connectivity index (χ0n) is 12.7. The maximum absolute atomic E-state index is 12.3. The first-order valence-corrected chi connectivity index (χ1v) is 7.34. The highest BCUT2D eigenvalue weighted by molar-refractivity contribution is 6.03. The van der Waals surface area contributed by atoms with E-state index in [0.717, 1.165) is 11.3 Å². The number of benzene rings is 1. The largest absolute Gasteiger partial charge is 0.495 e. The van der Waals surface area contributed by atoms with E-state index in [1.807, 2.05) is 31.2 Å². The number of carbonyl (C=O) groups is 1. The summed E-state index contributed by atoms with van der Waals surface area (Å²) in [6.45, 7) is 1.96. The Balaban J connectivity index is 1.72. The molecule has 0 radical (unpaired) electrons. The van der Waals surface area contributed by atoms with Gasteiger partial charge < -0.3 is 15.4 Å². The second kappa shape index (κ2) is 6.05. The van der Waals surface area contributed by atoms with Gasteiger partial charge in [-0.1, -0.05) is 6.07 Å². The second-order valence-corrected chi connectivity index (χ2v) is 5.51. The van der Waals surface area contributed by atoms with Crippen molar-refractivity contribution in [1.29, 1.82) is 0 Å². The zero-order chi connectivity index (χ0) is 15.5. The molecule has 2 N–H and O–H groups in total. The van der Waals surface area contributed by atoms with Crippen LogP contribution in [0.3, 0.4) is 0 Å². The average Bonchev–Trinajstić information content (AvgIpc) is 3.32. The molecule has 0 saturated heterocycles. The fourth-order valence-electron chi connectivity index (χ4n) is 2.18. The van der Waals surface area contributed by atoms with Crippen molar-refractivity contribution in [3.05, 3.63) is 47.8 Å². The van der Waals surface area contributed by atoms with Gasteiger partial charge in [-0.25, -0.2) is 4.98 Å². The van der Waals surface area contributed by atoms with Crippen LogP contribution in [0.2, 0.25) is 0 Å². The summed E-state index contributed by atoms with van der Waals surface area (Å²) in [6.07, 6.45) is 4.10. The Bertz CT molecular complexity index is 679. The number of nitrogens with zero attached hydrogens (tertiary/aromatic N) is 1. The van der Waals surface area contributed by atoms with Gasteiger partial charge in [0, 0.05) is 6.04 Å². The van der Waals surface area contributed by atoms with E-state index in [1.54, 1.807) is 19.4 Å². The van der Waals surface area contributed by atoms with E-state index in [4.69, 9.17) is 4.74 Å². The first-order chi connectivity index (χ1) is 10.7. The Morgan fingerprint density at radius 2 is 2.09 bits per heavy atom. The number of aryl methyl sites for hydroxylation is 1. The molecule has 0 atom stereocenters. The van der Waals surface area contributed by atoms with Crippen LogP contribution >= 0.6 is 0 Å². The number of aromatic nitrogens is 1. The molecule has 0 aliphatic heterocycles. The second-order valence-electron chi connectivity index (χ2n) is 5.51. The Kier molecular flexibility index (Phi) is 3.96. The first-order valence-electron chi connectivity index (χ1n) is 7.34. The zero-order valence-corrected chi connectivity index (χ0v) is 12.7. The van der Waals surface area contributed by atoms with Crippen molar-refractivity contribution < 1.29 is 9.53 Å². The number of pyridine rings is 1. The molecule has 1 aromatic heterocycles. The van der Waals surface area contributed by atoms with Crippen molar-refractivity contribution in [3.8, 4) is 5.75 Å². The minimum atomic E-state index is -0.248. The van der Waals surface area contributed by atoms with Crippen molar-refractivity contribution in [2.75, 3.05) is 17.7 Å². The van der Waals surface area contributed by atoms with Crippen molar-refractivity contribution in [3.63, 3.8) is 0 Å². The molecule has 1 saturated carbocycles. The summed E-state index contributed by atoms with van der Waals surface area (Å²) in [5.41, 5.74) is 3.03. The summed E-state index contributed by atoms with van der Waals surface area (Å²) in [4.78, 5) is 16.5. The van der Waals surface area contributed by atoms with Crippen molar-refractivity contribution in [2.45, 2.75) is 25.8 Å². The molecular formula is C17H19N3O2. The number of hydrogen-bond acceptors (Lipinski definition) is 4. The Morgan fingerprint density at radius 3 is 2.73 bits per heavy atom. The summed E-state index contributed by atoms with van der Waals surface area (Å²) < 4.78 is 5.26. The average molecular weight is 297 g/mol. The molecule has 114 valence electrons.